The summed E-state index contributed by atoms with van der Waals surface area (Å²) in [6.45, 7) is 1.98. The molecule has 0 aliphatic rings. The number of fused-ring (bicyclic) bond motifs is 1. The third-order valence-electron chi connectivity index (χ3n) is 4.06. The van der Waals surface area contributed by atoms with Crippen molar-refractivity contribution in [1.82, 2.24) is 0 Å². The van der Waals surface area contributed by atoms with Crippen LogP contribution in [0.15, 0.2) is 69.9 Å². The molecule has 0 N–H and O–H groups in total. The Morgan fingerprint density at radius 3 is 2.44 bits per heavy atom. The van der Waals surface area contributed by atoms with Crippen molar-refractivity contribution in [2.45, 2.75) is 6.92 Å². The van der Waals surface area contributed by atoms with Gasteiger partial charge in [0.1, 0.15) is 11.6 Å². The van der Waals surface area contributed by atoms with E-state index in [0.717, 1.165) is 22.5 Å². The monoisotopic (exact) mass is 380 g/mol. The number of aryl methyl sites for hydroxylation is 1. The molecule has 0 spiro atoms. The number of halogens is 1. The van der Waals surface area contributed by atoms with Gasteiger partial charge in [-0.25, -0.2) is 14.0 Å². The molecule has 1 aromatic heterocycles. The Bertz CT molecular complexity index is 1190. The molecule has 0 atom stereocenters. The van der Waals surface area contributed by atoms with Crippen LogP contribution in [0, 0.1) is 12.7 Å². The first kappa shape index (κ1) is 17.2. The van der Waals surface area contributed by atoms with Gasteiger partial charge in [0.25, 0.3) is 0 Å². The first-order valence-electron chi connectivity index (χ1n) is 8.12. The smallest absolute Gasteiger partial charge is 0.396 e. The summed E-state index contributed by atoms with van der Waals surface area (Å²) in [6.07, 6.45) is 0. The molecule has 0 amide bonds. The van der Waals surface area contributed by atoms with E-state index in [1.54, 1.807) is 12.1 Å². The molecule has 0 fully saturated rings. The second-order valence-electron chi connectivity index (χ2n) is 6.01. The Balaban J connectivity index is 1.77. The van der Waals surface area contributed by atoms with Gasteiger partial charge in [-0.3, -0.25) is 0 Å². The van der Waals surface area contributed by atoms with Crippen molar-refractivity contribution >= 4 is 27.6 Å². The second-order valence-corrected chi connectivity index (χ2v) is 6.99. The van der Waals surface area contributed by atoms with E-state index in [1.807, 2.05) is 31.2 Å². The van der Waals surface area contributed by atoms with E-state index in [-0.39, 0.29) is 11.3 Å². The van der Waals surface area contributed by atoms with Gasteiger partial charge in [0.15, 0.2) is 5.58 Å². The van der Waals surface area contributed by atoms with Crippen LogP contribution in [0.3, 0.4) is 0 Å². The summed E-state index contributed by atoms with van der Waals surface area (Å²) in [7, 11) is 0. The van der Waals surface area contributed by atoms with Crippen LogP contribution in [0.4, 0.5) is 4.39 Å². The summed E-state index contributed by atoms with van der Waals surface area (Å²) in [6, 6.07) is 16.1. The molecule has 27 heavy (non-hydrogen) atoms. The van der Waals surface area contributed by atoms with Crippen LogP contribution in [0.25, 0.3) is 21.4 Å². The fraction of sp³-hybridized carbons (Fsp3) is 0.0476. The van der Waals surface area contributed by atoms with Crippen molar-refractivity contribution in [3.05, 3.63) is 87.3 Å². The molecule has 134 valence electrons. The molecule has 0 radical (unpaired) electrons. The number of rotatable bonds is 3. The van der Waals surface area contributed by atoms with Crippen LogP contribution in [0.2, 0.25) is 0 Å². The summed E-state index contributed by atoms with van der Waals surface area (Å²) >= 11 is 0.940. The zero-order valence-electron chi connectivity index (χ0n) is 14.2. The molecule has 0 aliphatic heterocycles. The first-order chi connectivity index (χ1) is 13.0. The third kappa shape index (κ3) is 3.52. The Morgan fingerprint density at radius 1 is 1.04 bits per heavy atom. The largest absolute Gasteiger partial charge is 0.423 e. The number of carbonyl (C=O) groups excluding carboxylic acids is 1. The standard InChI is InChI=1S/C21H13FO4S/c1-12-2-4-13(5-3-12)17-10-16(11-18-19(17)26-21(24)27-18)25-20(23)14-6-8-15(22)9-7-14/h2-11H,1H3. The fourth-order valence-corrected chi connectivity index (χ4v) is 3.43. The molecule has 0 saturated carbocycles. The lowest BCUT2D eigenvalue weighted by Crippen LogP contribution is -2.08. The highest BCUT2D eigenvalue weighted by atomic mass is 32.1. The van der Waals surface area contributed by atoms with Gasteiger partial charge in [0.2, 0.25) is 0 Å². The summed E-state index contributed by atoms with van der Waals surface area (Å²) in [5.74, 6) is -0.762. The maximum Gasteiger partial charge on any atom is 0.396 e. The van der Waals surface area contributed by atoms with Crippen molar-refractivity contribution in [3.63, 3.8) is 0 Å². The maximum atomic E-state index is 13.0. The Morgan fingerprint density at radius 2 is 1.74 bits per heavy atom. The van der Waals surface area contributed by atoms with Crippen LogP contribution in [-0.2, 0) is 0 Å². The highest BCUT2D eigenvalue weighted by Crippen LogP contribution is 2.34. The lowest BCUT2D eigenvalue weighted by atomic mass is 10.0. The molecule has 0 aliphatic carbocycles. The SMILES string of the molecule is Cc1ccc(-c2cc(OC(=O)c3ccc(F)cc3)cc3sc(=O)oc23)cc1. The van der Waals surface area contributed by atoms with Gasteiger partial charge in [-0.05, 0) is 42.8 Å². The van der Waals surface area contributed by atoms with E-state index in [2.05, 4.69) is 0 Å². The minimum absolute atomic E-state index is 0.230. The number of ether oxygens (including phenoxy) is 1. The van der Waals surface area contributed by atoms with Crippen LogP contribution in [0.1, 0.15) is 15.9 Å². The molecule has 1 heterocycles. The fourth-order valence-electron chi connectivity index (χ4n) is 2.71. The van der Waals surface area contributed by atoms with E-state index >= 15 is 0 Å². The summed E-state index contributed by atoms with van der Waals surface area (Å²) in [4.78, 5) is 23.6. The topological polar surface area (TPSA) is 56.5 Å². The van der Waals surface area contributed by atoms with Crippen molar-refractivity contribution in [2.24, 2.45) is 0 Å². The lowest BCUT2D eigenvalue weighted by Gasteiger charge is -2.08. The van der Waals surface area contributed by atoms with E-state index in [0.29, 0.717) is 15.8 Å². The lowest BCUT2D eigenvalue weighted by molar-refractivity contribution is 0.0735. The van der Waals surface area contributed by atoms with E-state index < -0.39 is 16.7 Å². The van der Waals surface area contributed by atoms with Crippen molar-refractivity contribution in [1.29, 1.82) is 0 Å². The molecule has 4 nitrogen and oxygen atoms in total. The predicted octanol–water partition coefficient (Wildman–Crippen LogP) is 5.19. The molecular formula is C21H13FO4S. The number of hydrogen-bond donors (Lipinski definition) is 0. The van der Waals surface area contributed by atoms with Gasteiger partial charge in [0, 0.05) is 11.6 Å². The highest BCUT2D eigenvalue weighted by Gasteiger charge is 2.15. The molecule has 0 saturated heterocycles. The zero-order chi connectivity index (χ0) is 19.0. The average Bonchev–Trinajstić information content (AvgIpc) is 3.02. The Kier molecular flexibility index (Phi) is 4.33. The molecule has 4 rings (SSSR count). The van der Waals surface area contributed by atoms with Gasteiger partial charge in [-0.2, -0.15) is 0 Å². The summed E-state index contributed by atoms with van der Waals surface area (Å²) < 4.78 is 24.4. The van der Waals surface area contributed by atoms with Crippen LogP contribution < -0.4 is 9.68 Å². The normalized spacial score (nSPS) is 10.9. The minimum atomic E-state index is -0.611. The molecular weight excluding hydrogens is 367 g/mol. The number of benzene rings is 3. The molecule has 4 aromatic rings. The van der Waals surface area contributed by atoms with Crippen molar-refractivity contribution in [3.8, 4) is 16.9 Å². The predicted molar refractivity (Wildman–Crippen MR) is 102 cm³/mol. The number of esters is 1. The van der Waals surface area contributed by atoms with Gasteiger partial charge in [-0.1, -0.05) is 41.2 Å². The summed E-state index contributed by atoms with van der Waals surface area (Å²) in [5.41, 5.74) is 3.28. The third-order valence-corrected chi connectivity index (χ3v) is 4.83. The molecule has 6 heteroatoms. The Labute approximate surface area is 157 Å². The average molecular weight is 380 g/mol. The molecule has 3 aromatic carbocycles. The van der Waals surface area contributed by atoms with Crippen LogP contribution in [-0.4, -0.2) is 5.97 Å². The van der Waals surface area contributed by atoms with E-state index in [1.165, 1.54) is 24.3 Å². The summed E-state index contributed by atoms with van der Waals surface area (Å²) in [5, 5.41) is 0. The van der Waals surface area contributed by atoms with Crippen LogP contribution in [0.5, 0.6) is 5.75 Å². The second kappa shape index (κ2) is 6.81. The van der Waals surface area contributed by atoms with Gasteiger partial charge in [-0.15, -0.1) is 0 Å². The molecule has 0 unspecified atom stereocenters. The van der Waals surface area contributed by atoms with Crippen LogP contribution >= 0.6 is 11.3 Å². The minimum Gasteiger partial charge on any atom is -0.423 e. The van der Waals surface area contributed by atoms with E-state index in [4.69, 9.17) is 9.15 Å². The van der Waals surface area contributed by atoms with Crippen molar-refractivity contribution < 1.29 is 18.3 Å². The Hall–Kier alpha value is -3.25. The number of hydrogen-bond acceptors (Lipinski definition) is 5. The number of carbonyl (C=O) groups is 1. The first-order valence-corrected chi connectivity index (χ1v) is 8.94. The van der Waals surface area contributed by atoms with E-state index in [9.17, 15) is 14.0 Å². The quantitative estimate of drug-likeness (QED) is 0.363. The maximum absolute atomic E-state index is 13.0. The highest BCUT2D eigenvalue weighted by molar-refractivity contribution is 7.16. The van der Waals surface area contributed by atoms with Gasteiger partial charge in [0.05, 0.1) is 10.3 Å². The zero-order valence-corrected chi connectivity index (χ0v) is 15.0. The van der Waals surface area contributed by atoms with Gasteiger partial charge >= 0.3 is 10.9 Å². The van der Waals surface area contributed by atoms with Crippen molar-refractivity contribution in [2.75, 3.05) is 0 Å². The van der Waals surface area contributed by atoms with Gasteiger partial charge < -0.3 is 9.15 Å². The molecule has 0 bridgehead atoms.